The second-order valence-corrected chi connectivity index (χ2v) is 14.1. The number of carbonyl (C=O) groups excluding carboxylic acids is 6. The van der Waals surface area contributed by atoms with E-state index in [9.17, 15) is 38.7 Å². The highest BCUT2D eigenvalue weighted by atomic mass is 16.6. The molecule has 0 aliphatic carbocycles. The molecule has 0 bridgehead atoms. The first-order chi connectivity index (χ1) is 22.8. The number of carboxylic acids is 1. The van der Waals surface area contributed by atoms with Crippen molar-refractivity contribution in [2.45, 2.75) is 110 Å². The van der Waals surface area contributed by atoms with E-state index in [2.05, 4.69) is 31.6 Å². The summed E-state index contributed by atoms with van der Waals surface area (Å²) in [6.45, 7) is 11.9. The molecule has 49 heavy (non-hydrogen) atoms. The zero-order chi connectivity index (χ0) is 36.6. The third-order valence-corrected chi connectivity index (χ3v) is 7.75. The Balaban J connectivity index is 2.13. The molecular weight excluding hydrogens is 636 g/mol. The maximum Gasteiger partial charge on any atom is 0.308 e. The Morgan fingerprint density at radius 1 is 0.755 bits per heavy atom. The van der Waals surface area contributed by atoms with Crippen LogP contribution in [0.1, 0.15) is 73.3 Å². The molecule has 3 rings (SSSR count). The fourth-order valence-electron chi connectivity index (χ4n) is 5.44. The van der Waals surface area contributed by atoms with Crippen molar-refractivity contribution in [3.63, 3.8) is 0 Å². The van der Waals surface area contributed by atoms with Gasteiger partial charge in [-0.05, 0) is 50.7 Å². The Morgan fingerprint density at radius 3 is 1.88 bits per heavy atom. The summed E-state index contributed by atoms with van der Waals surface area (Å²) < 4.78 is 5.38. The van der Waals surface area contributed by atoms with Crippen LogP contribution in [0.2, 0.25) is 0 Å². The molecule has 1 aromatic heterocycles. The van der Waals surface area contributed by atoms with Gasteiger partial charge in [0.1, 0.15) is 35.8 Å². The van der Waals surface area contributed by atoms with Gasteiger partial charge in [-0.25, -0.2) is 0 Å². The zero-order valence-electron chi connectivity index (χ0n) is 29.0. The van der Waals surface area contributed by atoms with Crippen LogP contribution in [0.3, 0.4) is 0 Å². The number of ether oxygens (including phenoxy) is 1. The average molecular weight is 685 g/mol. The molecule has 0 radical (unpaired) electrons. The minimum Gasteiger partial charge on any atom is -0.481 e. The average Bonchev–Trinajstić information content (AvgIpc) is 3.38. The van der Waals surface area contributed by atoms with Crippen molar-refractivity contribution in [2.75, 3.05) is 0 Å². The summed E-state index contributed by atoms with van der Waals surface area (Å²) in [4.78, 5) is 96.3. The summed E-state index contributed by atoms with van der Waals surface area (Å²) in [5, 5.41) is 23.1. The molecule has 5 atom stereocenters. The molecule has 2 aromatic rings. The number of fused-ring (bicyclic) bond motifs is 1. The van der Waals surface area contributed by atoms with Crippen LogP contribution in [0.15, 0.2) is 30.5 Å². The molecule has 1 aliphatic rings. The molecule has 7 N–H and O–H groups in total. The SMILES string of the molecule is CC(C)C[C@@H]1NC(=O)[C@@H](C(C)C)NC(=O)[C@H](CC(=O)O)NC(=O)[C@@H](CC(=O)OC(C)(C)C)NC(=O)[C@@H](Cc2c[nH]c3ccccc23)NC1=O. The quantitative estimate of drug-likeness (QED) is 0.187. The monoisotopic (exact) mass is 684 g/mol. The Morgan fingerprint density at radius 2 is 1.29 bits per heavy atom. The highest BCUT2D eigenvalue weighted by Crippen LogP contribution is 2.20. The first-order valence-electron chi connectivity index (χ1n) is 16.3. The molecule has 1 aliphatic heterocycles. The molecule has 5 amide bonds. The predicted molar refractivity (Wildman–Crippen MR) is 179 cm³/mol. The molecule has 0 unspecified atom stereocenters. The van der Waals surface area contributed by atoms with Crippen molar-refractivity contribution >= 4 is 52.4 Å². The van der Waals surface area contributed by atoms with Crippen LogP contribution in [0, 0.1) is 11.8 Å². The van der Waals surface area contributed by atoms with Crippen LogP contribution in [-0.2, 0) is 44.7 Å². The van der Waals surface area contributed by atoms with Crippen molar-refractivity contribution < 1.29 is 43.4 Å². The maximum absolute atomic E-state index is 14.0. The van der Waals surface area contributed by atoms with Crippen LogP contribution in [-0.4, -0.2) is 87.4 Å². The fraction of sp³-hybridized carbons (Fsp3) is 0.559. The number of carboxylic acid groups (broad SMARTS) is 1. The number of esters is 1. The second kappa shape index (κ2) is 16.4. The third-order valence-electron chi connectivity index (χ3n) is 7.75. The van der Waals surface area contributed by atoms with Crippen molar-refractivity contribution in [3.05, 3.63) is 36.0 Å². The Labute approximate surface area is 285 Å². The molecule has 268 valence electrons. The van der Waals surface area contributed by atoms with Gasteiger partial charge in [-0.15, -0.1) is 0 Å². The Kier molecular flexibility index (Phi) is 12.9. The number of aromatic amines is 1. The molecule has 2 heterocycles. The van der Waals surface area contributed by atoms with Crippen LogP contribution in [0.25, 0.3) is 10.9 Å². The van der Waals surface area contributed by atoms with E-state index in [1.165, 1.54) is 0 Å². The minimum atomic E-state index is -1.68. The van der Waals surface area contributed by atoms with E-state index in [4.69, 9.17) is 4.74 Å². The molecule has 1 aromatic carbocycles. The highest BCUT2D eigenvalue weighted by molar-refractivity contribution is 6.00. The topological polar surface area (TPSA) is 225 Å². The summed E-state index contributed by atoms with van der Waals surface area (Å²) >= 11 is 0. The molecule has 15 heteroatoms. The number of aliphatic carboxylic acids is 1. The molecule has 0 saturated carbocycles. The number of hydrogen-bond acceptors (Lipinski definition) is 8. The van der Waals surface area contributed by atoms with Gasteiger partial charge in [-0.2, -0.15) is 0 Å². The number of amides is 5. The first kappa shape index (κ1) is 38.5. The van der Waals surface area contributed by atoms with Gasteiger partial charge in [-0.1, -0.05) is 45.9 Å². The maximum atomic E-state index is 14.0. The van der Waals surface area contributed by atoms with Crippen molar-refractivity contribution in [1.82, 2.24) is 31.6 Å². The van der Waals surface area contributed by atoms with Gasteiger partial charge < -0.3 is 41.4 Å². The Bertz CT molecular complexity index is 1560. The number of nitrogens with one attached hydrogen (secondary N) is 6. The van der Waals surface area contributed by atoms with Gasteiger partial charge in [0.2, 0.25) is 29.5 Å². The van der Waals surface area contributed by atoms with Crippen LogP contribution >= 0.6 is 0 Å². The number of benzene rings is 1. The largest absolute Gasteiger partial charge is 0.481 e. The standard InChI is InChI=1S/C34H48N6O9/c1-17(2)12-22-29(44)36-23(13-19-16-35-21-11-9-8-10-20(19)21)30(45)38-25(15-27(43)49-34(5,6)7)31(46)37-24(14-26(41)42)32(47)40-28(18(3)4)33(48)39-22/h8-11,16-18,22-25,28,35H,12-15H2,1-7H3,(H,36,44)(H,37,46)(H,38,45)(H,39,48)(H,40,47)(H,41,42)/t22-,23+,24-,25+,28+/m0/s1. The van der Waals surface area contributed by atoms with Crippen LogP contribution < -0.4 is 26.6 Å². The normalized spacial score (nSPS) is 23.1. The predicted octanol–water partition coefficient (Wildman–Crippen LogP) is 1.06. The van der Waals surface area contributed by atoms with E-state index in [1.54, 1.807) is 40.8 Å². The van der Waals surface area contributed by atoms with E-state index in [-0.39, 0.29) is 18.8 Å². The lowest BCUT2D eigenvalue weighted by molar-refractivity contribution is -0.157. The summed E-state index contributed by atoms with van der Waals surface area (Å²) in [7, 11) is 0. The smallest absolute Gasteiger partial charge is 0.308 e. The number of para-hydroxylation sites is 1. The summed E-state index contributed by atoms with van der Waals surface area (Å²) in [5.41, 5.74) is 0.517. The lowest BCUT2D eigenvalue weighted by Gasteiger charge is -2.28. The molecule has 15 nitrogen and oxygen atoms in total. The van der Waals surface area contributed by atoms with Gasteiger partial charge in [0.15, 0.2) is 0 Å². The van der Waals surface area contributed by atoms with E-state index >= 15 is 0 Å². The van der Waals surface area contributed by atoms with E-state index in [1.807, 2.05) is 38.1 Å². The molecule has 1 fully saturated rings. The van der Waals surface area contributed by atoms with Gasteiger partial charge in [0, 0.05) is 23.5 Å². The van der Waals surface area contributed by atoms with Gasteiger partial charge in [-0.3, -0.25) is 33.6 Å². The van der Waals surface area contributed by atoms with Crippen LogP contribution in [0.4, 0.5) is 0 Å². The molecular formula is C34H48N6O9. The lowest BCUT2D eigenvalue weighted by Crippen LogP contribution is -2.59. The van der Waals surface area contributed by atoms with Crippen molar-refractivity contribution in [1.29, 1.82) is 0 Å². The van der Waals surface area contributed by atoms with E-state index < -0.39 is 96.0 Å². The summed E-state index contributed by atoms with van der Waals surface area (Å²) in [5.74, 6) is -7.13. The summed E-state index contributed by atoms with van der Waals surface area (Å²) in [6, 6.07) is 0.382. The zero-order valence-corrected chi connectivity index (χ0v) is 29.0. The highest BCUT2D eigenvalue weighted by Gasteiger charge is 2.37. The van der Waals surface area contributed by atoms with Crippen molar-refractivity contribution in [2.24, 2.45) is 11.8 Å². The van der Waals surface area contributed by atoms with E-state index in [0.29, 0.717) is 5.56 Å². The first-order valence-corrected chi connectivity index (χ1v) is 16.3. The van der Waals surface area contributed by atoms with Gasteiger partial charge in [0.25, 0.3) is 0 Å². The number of hydrogen-bond donors (Lipinski definition) is 7. The minimum absolute atomic E-state index is 0.0407. The molecule has 0 spiro atoms. The lowest BCUT2D eigenvalue weighted by atomic mass is 9.98. The summed E-state index contributed by atoms with van der Waals surface area (Å²) in [6.07, 6.45) is 0.297. The second-order valence-electron chi connectivity index (χ2n) is 14.1. The van der Waals surface area contributed by atoms with Crippen LogP contribution in [0.5, 0.6) is 0 Å². The number of H-pyrrole nitrogens is 1. The number of rotatable bonds is 9. The number of aromatic nitrogens is 1. The third kappa shape index (κ3) is 11.3. The Hall–Kier alpha value is -4.95. The van der Waals surface area contributed by atoms with E-state index in [0.717, 1.165) is 10.9 Å². The van der Waals surface area contributed by atoms with Gasteiger partial charge >= 0.3 is 11.9 Å². The molecule has 1 saturated heterocycles. The fourth-order valence-corrected chi connectivity index (χ4v) is 5.44. The van der Waals surface area contributed by atoms with Crippen molar-refractivity contribution in [3.8, 4) is 0 Å². The van der Waals surface area contributed by atoms with Gasteiger partial charge in [0.05, 0.1) is 12.8 Å². The number of carbonyl (C=O) groups is 7.